The van der Waals surface area contributed by atoms with Crippen molar-refractivity contribution in [2.45, 2.75) is 39.2 Å². The van der Waals surface area contributed by atoms with Gasteiger partial charge in [0.15, 0.2) is 5.75 Å². The summed E-state index contributed by atoms with van der Waals surface area (Å²) < 4.78 is 11.8. The number of aryl methyl sites for hydroxylation is 1. The van der Waals surface area contributed by atoms with Crippen LogP contribution in [0.3, 0.4) is 0 Å². The summed E-state index contributed by atoms with van der Waals surface area (Å²) in [7, 11) is 1.46. The van der Waals surface area contributed by atoms with Crippen LogP contribution in [-0.4, -0.2) is 18.1 Å². The van der Waals surface area contributed by atoms with Crippen LogP contribution in [0.1, 0.15) is 32.6 Å². The van der Waals surface area contributed by atoms with Crippen LogP contribution in [0.25, 0.3) is 10.9 Å². The van der Waals surface area contributed by atoms with Crippen molar-refractivity contribution in [2.75, 3.05) is 7.11 Å². The van der Waals surface area contributed by atoms with Crippen LogP contribution in [0, 0.1) is 0 Å². The molecule has 0 aliphatic carbocycles. The first kappa shape index (κ1) is 16.1. The Morgan fingerprint density at radius 1 is 1.14 bits per heavy atom. The van der Waals surface area contributed by atoms with Crippen molar-refractivity contribution in [1.82, 2.24) is 4.57 Å². The van der Waals surface area contributed by atoms with Crippen LogP contribution < -0.4 is 15.0 Å². The number of carbonyl (C=O) groups is 1. The molecule has 0 saturated heterocycles. The smallest absolute Gasteiger partial charge is 0.298 e. The first-order valence-electron chi connectivity index (χ1n) is 7.54. The normalized spacial score (nSPS) is 10.6. The third-order valence-electron chi connectivity index (χ3n) is 3.69. The average Bonchev–Trinajstić information content (AvgIpc) is 2.54. The topological polar surface area (TPSA) is 57.5 Å². The van der Waals surface area contributed by atoms with Gasteiger partial charge in [-0.2, -0.15) is 0 Å². The van der Waals surface area contributed by atoms with Crippen molar-refractivity contribution in [2.24, 2.45) is 0 Å². The molecule has 0 fully saturated rings. The number of unbranched alkanes of at least 4 members (excludes halogenated alkanes) is 3. The number of ether oxygens (including phenoxy) is 2. The van der Waals surface area contributed by atoms with Gasteiger partial charge in [-0.05, 0) is 18.6 Å². The van der Waals surface area contributed by atoms with Gasteiger partial charge in [-0.25, -0.2) is 0 Å². The number of pyridine rings is 1. The number of fused-ring (bicyclic) bond motifs is 1. The molecular weight excluding hydrogens is 282 g/mol. The number of rotatable bonds is 8. The quantitative estimate of drug-likeness (QED) is 0.555. The van der Waals surface area contributed by atoms with Crippen LogP contribution in [0.15, 0.2) is 29.1 Å². The van der Waals surface area contributed by atoms with E-state index < -0.39 is 0 Å². The minimum Gasteiger partial charge on any atom is -0.492 e. The minimum atomic E-state index is -0.334. The summed E-state index contributed by atoms with van der Waals surface area (Å²) >= 11 is 0. The Labute approximate surface area is 129 Å². The lowest BCUT2D eigenvalue weighted by molar-refractivity contribution is -0.120. The van der Waals surface area contributed by atoms with Gasteiger partial charge in [0.05, 0.1) is 12.6 Å². The zero-order chi connectivity index (χ0) is 15.9. The standard InChI is InChI=1S/C17H21NO4/c1-3-4-5-8-11-18-14-10-7-6-9-13(14)15(21-2)16(17(18)20)22-12-19/h6-7,9-10,12H,3-5,8,11H2,1-2H3. The number of benzene rings is 1. The van der Waals surface area contributed by atoms with Gasteiger partial charge in [0.2, 0.25) is 5.75 Å². The summed E-state index contributed by atoms with van der Waals surface area (Å²) in [6.45, 7) is 3.00. The molecule has 0 saturated carbocycles. The molecule has 0 aliphatic rings. The zero-order valence-corrected chi connectivity index (χ0v) is 13.0. The van der Waals surface area contributed by atoms with Gasteiger partial charge in [0.1, 0.15) is 0 Å². The van der Waals surface area contributed by atoms with E-state index in [-0.39, 0.29) is 17.8 Å². The second-order valence-corrected chi connectivity index (χ2v) is 5.11. The van der Waals surface area contributed by atoms with Crippen molar-refractivity contribution >= 4 is 17.4 Å². The van der Waals surface area contributed by atoms with E-state index in [9.17, 15) is 9.59 Å². The number of carbonyl (C=O) groups excluding carboxylic acids is 1. The predicted octanol–water partition coefficient (Wildman–Crippen LogP) is 3.13. The SMILES string of the molecule is CCCCCCn1c(=O)c(OC=O)c(OC)c2ccccc21. The van der Waals surface area contributed by atoms with Crippen molar-refractivity contribution in [3.05, 3.63) is 34.6 Å². The molecule has 0 unspecified atom stereocenters. The van der Waals surface area contributed by atoms with Gasteiger partial charge in [-0.1, -0.05) is 38.3 Å². The monoisotopic (exact) mass is 303 g/mol. The number of nitrogens with zero attached hydrogens (tertiary/aromatic N) is 1. The molecule has 2 aromatic rings. The van der Waals surface area contributed by atoms with Gasteiger partial charge in [-0.15, -0.1) is 0 Å². The lowest BCUT2D eigenvalue weighted by Gasteiger charge is -2.15. The summed E-state index contributed by atoms with van der Waals surface area (Å²) in [6, 6.07) is 7.48. The van der Waals surface area contributed by atoms with Gasteiger partial charge in [-0.3, -0.25) is 9.59 Å². The number of hydrogen-bond donors (Lipinski definition) is 0. The van der Waals surface area contributed by atoms with Crippen LogP contribution >= 0.6 is 0 Å². The summed E-state index contributed by atoms with van der Waals surface area (Å²) in [4.78, 5) is 23.3. The molecule has 0 bridgehead atoms. The Kier molecular flexibility index (Phi) is 5.58. The summed E-state index contributed by atoms with van der Waals surface area (Å²) in [5.74, 6) is 0.254. The first-order valence-corrected chi connectivity index (χ1v) is 7.54. The van der Waals surface area contributed by atoms with E-state index in [4.69, 9.17) is 9.47 Å². The number of methoxy groups -OCH3 is 1. The first-order chi connectivity index (χ1) is 10.7. The third-order valence-corrected chi connectivity index (χ3v) is 3.69. The molecule has 1 aromatic heterocycles. The van der Waals surface area contributed by atoms with E-state index in [1.807, 2.05) is 24.3 Å². The predicted molar refractivity (Wildman–Crippen MR) is 85.6 cm³/mol. The fraction of sp³-hybridized carbons (Fsp3) is 0.412. The minimum absolute atomic E-state index is 0.0494. The summed E-state index contributed by atoms with van der Waals surface area (Å²) in [5, 5.41) is 0.761. The van der Waals surface area contributed by atoms with E-state index >= 15 is 0 Å². The van der Waals surface area contributed by atoms with E-state index in [2.05, 4.69) is 6.92 Å². The van der Waals surface area contributed by atoms with Crippen molar-refractivity contribution in [1.29, 1.82) is 0 Å². The average molecular weight is 303 g/mol. The lowest BCUT2D eigenvalue weighted by Crippen LogP contribution is -2.23. The molecule has 0 radical (unpaired) electrons. The van der Waals surface area contributed by atoms with E-state index in [1.54, 1.807) is 4.57 Å². The highest BCUT2D eigenvalue weighted by molar-refractivity contribution is 5.88. The lowest BCUT2D eigenvalue weighted by atomic mass is 10.1. The van der Waals surface area contributed by atoms with Crippen LogP contribution in [-0.2, 0) is 11.3 Å². The maximum Gasteiger partial charge on any atom is 0.298 e. The van der Waals surface area contributed by atoms with E-state index in [0.717, 1.165) is 36.6 Å². The largest absolute Gasteiger partial charge is 0.492 e. The molecule has 118 valence electrons. The van der Waals surface area contributed by atoms with Gasteiger partial charge in [0.25, 0.3) is 12.0 Å². The van der Waals surface area contributed by atoms with Gasteiger partial charge >= 0.3 is 0 Å². The van der Waals surface area contributed by atoms with Crippen LogP contribution in [0.5, 0.6) is 11.5 Å². The molecule has 5 nitrogen and oxygen atoms in total. The van der Waals surface area contributed by atoms with E-state index in [0.29, 0.717) is 12.3 Å². The molecule has 0 amide bonds. The molecular formula is C17H21NO4. The number of aromatic nitrogens is 1. The Balaban J connectivity index is 2.55. The van der Waals surface area contributed by atoms with Crippen LogP contribution in [0.4, 0.5) is 0 Å². The molecule has 22 heavy (non-hydrogen) atoms. The molecule has 0 atom stereocenters. The Morgan fingerprint density at radius 2 is 1.91 bits per heavy atom. The summed E-state index contributed by atoms with van der Waals surface area (Å²) in [5.41, 5.74) is 0.457. The molecule has 0 spiro atoms. The second-order valence-electron chi connectivity index (χ2n) is 5.11. The fourth-order valence-electron chi connectivity index (χ4n) is 2.63. The molecule has 0 N–H and O–H groups in total. The highest BCUT2D eigenvalue weighted by atomic mass is 16.5. The fourth-order valence-corrected chi connectivity index (χ4v) is 2.63. The van der Waals surface area contributed by atoms with E-state index in [1.165, 1.54) is 7.11 Å². The molecule has 0 aliphatic heterocycles. The third kappa shape index (κ3) is 3.13. The molecule has 1 aromatic carbocycles. The van der Waals surface area contributed by atoms with Gasteiger partial charge < -0.3 is 14.0 Å². The van der Waals surface area contributed by atoms with Gasteiger partial charge in [0, 0.05) is 11.9 Å². The Hall–Kier alpha value is -2.30. The second kappa shape index (κ2) is 7.64. The number of hydrogen-bond acceptors (Lipinski definition) is 4. The maximum absolute atomic E-state index is 12.6. The van der Waals surface area contributed by atoms with Crippen LogP contribution in [0.2, 0.25) is 0 Å². The zero-order valence-electron chi connectivity index (χ0n) is 13.0. The highest BCUT2D eigenvalue weighted by Crippen LogP contribution is 2.32. The number of para-hydroxylation sites is 1. The Morgan fingerprint density at radius 3 is 2.59 bits per heavy atom. The molecule has 1 heterocycles. The highest BCUT2D eigenvalue weighted by Gasteiger charge is 2.18. The Bertz CT molecular complexity index is 706. The summed E-state index contributed by atoms with van der Waals surface area (Å²) in [6.07, 6.45) is 4.25. The molecule has 2 rings (SSSR count). The molecule has 5 heteroatoms. The van der Waals surface area contributed by atoms with Crippen molar-refractivity contribution in [3.8, 4) is 11.5 Å². The van der Waals surface area contributed by atoms with Crippen molar-refractivity contribution in [3.63, 3.8) is 0 Å². The van der Waals surface area contributed by atoms with Crippen molar-refractivity contribution < 1.29 is 14.3 Å². The maximum atomic E-state index is 12.6.